The standard InChI is InChI=1S/C30H36N4O2/c1-4-5-11-20-33(30(36)31-21-24-12-7-6-8-13-24)23(3)28-32-27-15-10-9-14-26(27)29(35)34(28)25-18-16-22(2)17-19-25/h7,9-10,12-19,23H,4-6,8,11,20-21H2,1-3H3,(H,31,36). The van der Waals surface area contributed by atoms with E-state index in [1.54, 1.807) is 10.6 Å². The zero-order chi connectivity index (χ0) is 25.5. The smallest absolute Gasteiger partial charge is 0.318 e. The zero-order valence-corrected chi connectivity index (χ0v) is 21.5. The van der Waals surface area contributed by atoms with E-state index < -0.39 is 6.04 Å². The third kappa shape index (κ3) is 5.76. The molecule has 3 aromatic rings. The average molecular weight is 485 g/mol. The van der Waals surface area contributed by atoms with Crippen LogP contribution in [0.5, 0.6) is 0 Å². The Kier molecular flexibility index (Phi) is 8.36. The van der Waals surface area contributed by atoms with Crippen LogP contribution in [0.1, 0.15) is 63.4 Å². The summed E-state index contributed by atoms with van der Waals surface area (Å²) in [5.41, 5.74) is 3.49. The molecule has 0 aliphatic heterocycles. The van der Waals surface area contributed by atoms with Crippen molar-refractivity contribution in [2.45, 2.75) is 58.9 Å². The van der Waals surface area contributed by atoms with E-state index in [9.17, 15) is 9.59 Å². The van der Waals surface area contributed by atoms with Crippen molar-refractivity contribution in [3.63, 3.8) is 0 Å². The number of carbonyl (C=O) groups is 1. The fourth-order valence-corrected chi connectivity index (χ4v) is 4.59. The van der Waals surface area contributed by atoms with Crippen LogP contribution >= 0.6 is 0 Å². The number of para-hydroxylation sites is 1. The molecule has 36 heavy (non-hydrogen) atoms. The Bertz CT molecular complexity index is 1320. The Morgan fingerprint density at radius 3 is 2.61 bits per heavy atom. The van der Waals surface area contributed by atoms with Gasteiger partial charge in [-0.25, -0.2) is 9.78 Å². The molecule has 1 aliphatic rings. The molecular weight excluding hydrogens is 448 g/mol. The maximum Gasteiger partial charge on any atom is 0.318 e. The Hall–Kier alpha value is -3.67. The monoisotopic (exact) mass is 484 g/mol. The largest absolute Gasteiger partial charge is 0.334 e. The van der Waals surface area contributed by atoms with Crippen LogP contribution in [0.4, 0.5) is 4.79 Å². The van der Waals surface area contributed by atoms with Crippen molar-refractivity contribution in [2.75, 3.05) is 13.1 Å². The van der Waals surface area contributed by atoms with Crippen molar-refractivity contribution in [1.29, 1.82) is 0 Å². The molecular formula is C30H36N4O2. The van der Waals surface area contributed by atoms with Gasteiger partial charge in [0.05, 0.1) is 22.6 Å². The Balaban J connectivity index is 1.74. The number of benzene rings is 2. The topological polar surface area (TPSA) is 67.2 Å². The van der Waals surface area contributed by atoms with E-state index >= 15 is 0 Å². The van der Waals surface area contributed by atoms with Gasteiger partial charge in [-0.3, -0.25) is 9.36 Å². The van der Waals surface area contributed by atoms with Gasteiger partial charge in [0.1, 0.15) is 5.82 Å². The number of aromatic nitrogens is 2. The molecule has 1 aliphatic carbocycles. The van der Waals surface area contributed by atoms with Gasteiger partial charge >= 0.3 is 6.03 Å². The number of aryl methyl sites for hydroxylation is 1. The number of hydrogen-bond acceptors (Lipinski definition) is 3. The first-order valence-electron chi connectivity index (χ1n) is 13.0. The SMILES string of the molecule is CCCCCN(C(=O)NCC1=CCCC=C1)C(C)c1nc2ccccc2c(=O)n1-c1ccc(C)cc1. The average Bonchev–Trinajstić information content (AvgIpc) is 2.91. The van der Waals surface area contributed by atoms with Crippen LogP contribution in [0.15, 0.2) is 77.1 Å². The number of fused-ring (bicyclic) bond motifs is 1. The molecule has 1 heterocycles. The first kappa shape index (κ1) is 25.4. The lowest BCUT2D eigenvalue weighted by Crippen LogP contribution is -2.44. The Labute approximate surface area is 213 Å². The second-order valence-corrected chi connectivity index (χ2v) is 9.46. The molecule has 2 amide bonds. The number of amides is 2. The van der Waals surface area contributed by atoms with Gasteiger partial charge in [0, 0.05) is 13.1 Å². The van der Waals surface area contributed by atoms with Crippen LogP contribution in [0.2, 0.25) is 0 Å². The molecule has 1 N–H and O–H groups in total. The number of unbranched alkanes of at least 4 members (excludes halogenated alkanes) is 2. The van der Waals surface area contributed by atoms with Crippen LogP contribution in [-0.4, -0.2) is 33.6 Å². The number of hydrogen-bond donors (Lipinski definition) is 1. The van der Waals surface area contributed by atoms with Gasteiger partial charge in [0.15, 0.2) is 0 Å². The summed E-state index contributed by atoms with van der Waals surface area (Å²) in [6, 6.07) is 14.7. The minimum atomic E-state index is -0.406. The fraction of sp³-hybridized carbons (Fsp3) is 0.367. The van der Waals surface area contributed by atoms with Crippen LogP contribution in [0.3, 0.4) is 0 Å². The highest BCUT2D eigenvalue weighted by Gasteiger charge is 2.26. The lowest BCUT2D eigenvalue weighted by molar-refractivity contribution is 0.175. The minimum absolute atomic E-state index is 0.127. The summed E-state index contributed by atoms with van der Waals surface area (Å²) in [6.07, 6.45) is 11.4. The van der Waals surface area contributed by atoms with Gasteiger partial charge in [-0.15, -0.1) is 0 Å². The second-order valence-electron chi connectivity index (χ2n) is 9.46. The van der Waals surface area contributed by atoms with Crippen molar-refractivity contribution in [3.8, 4) is 5.69 Å². The predicted molar refractivity (Wildman–Crippen MR) is 147 cm³/mol. The quantitative estimate of drug-likeness (QED) is 0.366. The summed E-state index contributed by atoms with van der Waals surface area (Å²) in [5, 5.41) is 3.66. The van der Waals surface area contributed by atoms with Crippen LogP contribution in [-0.2, 0) is 0 Å². The van der Waals surface area contributed by atoms with Gasteiger partial charge in [-0.1, -0.05) is 67.8 Å². The summed E-state index contributed by atoms with van der Waals surface area (Å²) in [5.74, 6) is 0.561. The molecule has 0 fully saturated rings. The molecule has 0 saturated carbocycles. The van der Waals surface area contributed by atoms with Crippen molar-refractivity contribution < 1.29 is 4.79 Å². The molecule has 1 unspecified atom stereocenters. The van der Waals surface area contributed by atoms with E-state index in [1.165, 1.54) is 0 Å². The molecule has 6 nitrogen and oxygen atoms in total. The maximum absolute atomic E-state index is 13.7. The number of nitrogens with one attached hydrogen (secondary N) is 1. The minimum Gasteiger partial charge on any atom is -0.334 e. The molecule has 4 rings (SSSR count). The third-order valence-corrected chi connectivity index (χ3v) is 6.71. The third-order valence-electron chi connectivity index (χ3n) is 6.71. The van der Waals surface area contributed by atoms with Crippen LogP contribution < -0.4 is 10.9 Å². The molecule has 2 aromatic carbocycles. The maximum atomic E-state index is 13.7. The van der Waals surface area contributed by atoms with Crippen molar-refractivity contribution in [3.05, 3.63) is 94.1 Å². The highest BCUT2D eigenvalue weighted by molar-refractivity contribution is 5.78. The number of carbonyl (C=O) groups excluding carboxylic acids is 1. The Morgan fingerprint density at radius 2 is 1.89 bits per heavy atom. The molecule has 0 spiro atoms. The Morgan fingerprint density at radius 1 is 1.11 bits per heavy atom. The fourth-order valence-electron chi connectivity index (χ4n) is 4.59. The van der Waals surface area contributed by atoms with E-state index in [0.29, 0.717) is 29.8 Å². The van der Waals surface area contributed by atoms with E-state index in [2.05, 4.69) is 30.5 Å². The number of allylic oxidation sites excluding steroid dienone is 2. The first-order valence-corrected chi connectivity index (χ1v) is 13.0. The summed E-state index contributed by atoms with van der Waals surface area (Å²) in [4.78, 5) is 34.0. The first-order chi connectivity index (χ1) is 17.5. The van der Waals surface area contributed by atoms with Gasteiger partial charge in [0.25, 0.3) is 5.56 Å². The normalized spacial score (nSPS) is 13.9. The summed E-state index contributed by atoms with van der Waals surface area (Å²) >= 11 is 0. The van der Waals surface area contributed by atoms with Gasteiger partial charge in [-0.2, -0.15) is 0 Å². The lowest BCUT2D eigenvalue weighted by atomic mass is 10.1. The molecule has 6 heteroatoms. The summed E-state index contributed by atoms with van der Waals surface area (Å²) in [6.45, 7) is 7.21. The molecule has 0 radical (unpaired) electrons. The van der Waals surface area contributed by atoms with Gasteiger partial charge in [-0.05, 0) is 62.9 Å². The van der Waals surface area contributed by atoms with Crippen molar-refractivity contribution in [2.24, 2.45) is 0 Å². The number of nitrogens with zero attached hydrogens (tertiary/aromatic N) is 3. The highest BCUT2D eigenvalue weighted by atomic mass is 16.2. The van der Waals surface area contributed by atoms with Crippen molar-refractivity contribution in [1.82, 2.24) is 19.8 Å². The highest BCUT2D eigenvalue weighted by Crippen LogP contribution is 2.24. The molecule has 1 atom stereocenters. The number of urea groups is 1. The predicted octanol–water partition coefficient (Wildman–Crippen LogP) is 6.23. The van der Waals surface area contributed by atoms with Gasteiger partial charge in [0.2, 0.25) is 0 Å². The van der Waals surface area contributed by atoms with E-state index in [0.717, 1.165) is 48.9 Å². The summed E-state index contributed by atoms with van der Waals surface area (Å²) < 4.78 is 1.67. The molecule has 0 saturated heterocycles. The van der Waals surface area contributed by atoms with Crippen LogP contribution in [0.25, 0.3) is 16.6 Å². The summed E-state index contributed by atoms with van der Waals surface area (Å²) in [7, 11) is 0. The zero-order valence-electron chi connectivity index (χ0n) is 21.5. The number of rotatable bonds is 9. The van der Waals surface area contributed by atoms with Crippen molar-refractivity contribution >= 4 is 16.9 Å². The molecule has 0 bridgehead atoms. The van der Waals surface area contributed by atoms with E-state index in [4.69, 9.17) is 4.98 Å². The second kappa shape index (κ2) is 11.8. The lowest BCUT2D eigenvalue weighted by Gasteiger charge is -2.31. The van der Waals surface area contributed by atoms with E-state index in [-0.39, 0.29) is 11.6 Å². The van der Waals surface area contributed by atoms with Crippen LogP contribution in [0, 0.1) is 6.92 Å². The van der Waals surface area contributed by atoms with E-state index in [1.807, 2.05) is 61.2 Å². The van der Waals surface area contributed by atoms with Gasteiger partial charge < -0.3 is 10.2 Å². The molecule has 188 valence electrons. The molecule has 1 aromatic heterocycles.